The molecule has 0 saturated heterocycles. The fraction of sp³-hybridized carbons (Fsp3) is 0.492. The van der Waals surface area contributed by atoms with Gasteiger partial charge in [-0.1, -0.05) is 120 Å². The third-order valence-electron chi connectivity index (χ3n) is 18.6. The Morgan fingerprint density at radius 1 is 0.962 bits per heavy atom. The number of β-amino-alcohol motifs (C(OH)–C–C–N with tert-alkyl or cyclic N) is 1. The number of aliphatic imine (C=N–C) groups is 1. The Morgan fingerprint density at radius 3 is 2.52 bits per heavy atom. The maximum absolute atomic E-state index is 15.3. The first-order chi connectivity index (χ1) is 38.0. The number of rotatable bonds is 5. The van der Waals surface area contributed by atoms with Gasteiger partial charge >= 0.3 is 0 Å². The summed E-state index contributed by atoms with van der Waals surface area (Å²) in [7, 11) is 0. The van der Waals surface area contributed by atoms with Crippen molar-refractivity contribution in [3.8, 4) is 17.6 Å². The van der Waals surface area contributed by atoms with Crippen LogP contribution in [-0.2, 0) is 33.6 Å². The van der Waals surface area contributed by atoms with Crippen molar-refractivity contribution in [1.29, 1.82) is 0 Å². The van der Waals surface area contributed by atoms with Gasteiger partial charge in [0.05, 0.1) is 30.5 Å². The second kappa shape index (κ2) is 25.1. The van der Waals surface area contributed by atoms with Crippen molar-refractivity contribution in [2.75, 3.05) is 26.3 Å². The number of nitrogens with zero attached hydrogens (tertiary/aromatic N) is 1. The van der Waals surface area contributed by atoms with E-state index >= 15 is 4.79 Å². The number of phenolic OH excluding ortho intramolecular Hbond substituents is 1. The SMILES string of the molecule is C=C1/C=C/C=C(\[C@H]2C[C@@H]3CCC[C@@]4(O)CC/C5=C(/C)C(=O)Cc6cccc7c6[C@H](NC[C@H](O)[C@@H]([C@H](CN=C(N)N)c6ccc(O)cc6)Cc6cccc(c6)C[C@H](O)CC[C@H]5[C@@]34[C@@H]2O)C(=O)N[C@@H]7N)COCC#CC/C(C)=C/CC1. The van der Waals surface area contributed by atoms with E-state index in [0.717, 1.165) is 59.1 Å². The third kappa shape index (κ3) is 12.4. The first kappa shape index (κ1) is 57.5. The Morgan fingerprint density at radius 2 is 1.73 bits per heavy atom. The second-order valence-electron chi connectivity index (χ2n) is 23.4. The molecule has 3 aliphatic carbocycles. The molecule has 3 heterocycles. The molecule has 13 N–H and O–H groups in total. The van der Waals surface area contributed by atoms with Crippen molar-refractivity contribution in [3.63, 3.8) is 0 Å². The van der Waals surface area contributed by atoms with E-state index in [9.17, 15) is 30.3 Å². The molecular formula is C65H82N6O8. The monoisotopic (exact) mass is 1070 g/mol. The van der Waals surface area contributed by atoms with Gasteiger partial charge in [-0.15, -0.1) is 0 Å². The van der Waals surface area contributed by atoms with Crippen LogP contribution in [-0.4, -0.2) is 93.4 Å². The average molecular weight is 1080 g/mol. The van der Waals surface area contributed by atoms with Crippen LogP contribution in [0, 0.1) is 40.9 Å². The van der Waals surface area contributed by atoms with Crippen LogP contribution in [0.5, 0.6) is 5.75 Å². The molecule has 14 heteroatoms. The molecule has 2 bridgehead atoms. The molecule has 0 radical (unpaired) electrons. The smallest absolute Gasteiger partial charge is 0.243 e. The number of fused-ring (bicyclic) bond motifs is 3. The van der Waals surface area contributed by atoms with E-state index in [0.29, 0.717) is 80.1 Å². The van der Waals surface area contributed by atoms with E-state index in [1.807, 2.05) is 61.5 Å². The van der Waals surface area contributed by atoms with Crippen LogP contribution >= 0.6 is 0 Å². The van der Waals surface area contributed by atoms with E-state index in [1.165, 1.54) is 5.57 Å². The van der Waals surface area contributed by atoms with Gasteiger partial charge in [-0.25, -0.2) is 0 Å². The summed E-state index contributed by atoms with van der Waals surface area (Å²) < 4.78 is 6.28. The van der Waals surface area contributed by atoms with Gasteiger partial charge in [0, 0.05) is 43.2 Å². The number of Topliss-reactive ketones (excluding diaryl/α,β-unsaturated/α-hetero) is 1. The number of amides is 1. The number of aliphatic hydroxyl groups is 4. The summed E-state index contributed by atoms with van der Waals surface area (Å²) in [5, 5.41) is 68.2. The van der Waals surface area contributed by atoms with Crippen molar-refractivity contribution in [2.24, 2.45) is 51.3 Å². The summed E-state index contributed by atoms with van der Waals surface area (Å²) in [5.74, 6) is 3.90. The van der Waals surface area contributed by atoms with E-state index in [2.05, 4.69) is 53.1 Å². The number of nitrogens with two attached hydrogens (primary N) is 3. The van der Waals surface area contributed by atoms with E-state index in [-0.39, 0.29) is 62.1 Å². The summed E-state index contributed by atoms with van der Waals surface area (Å²) in [5.41, 5.74) is 25.2. The van der Waals surface area contributed by atoms with E-state index in [4.69, 9.17) is 21.9 Å². The number of hydrogen-bond acceptors (Lipinski definition) is 11. The molecule has 12 atom stereocenters. The zero-order valence-electron chi connectivity index (χ0n) is 46.0. The van der Waals surface area contributed by atoms with Gasteiger partial charge in [0.2, 0.25) is 5.91 Å². The van der Waals surface area contributed by atoms with Gasteiger partial charge in [0.25, 0.3) is 0 Å². The summed E-state index contributed by atoms with van der Waals surface area (Å²) in [4.78, 5) is 33.9. The first-order valence-corrected chi connectivity index (χ1v) is 28.5. The molecule has 0 aromatic heterocycles. The largest absolute Gasteiger partial charge is 0.508 e. The standard InChI is InChI=1S/C65H82N6O8/c1-39-11-4-5-30-79-38-46(18-7-14-40(2)13-6-12-39)52-35-47-19-10-28-64(78)29-27-50-41(3)56(74)34-45-17-9-20-51-58(45)59(62(77)71-61(51)66)69-37-57(75)53(54(36-70-63(67)68)44-21-23-48(72)24-22-44)33-43-16-8-15-42(31-43)32-49(73)25-26-55(50)65(47,64)60(52)76/h7-9,12,14-18,20-24,31,47,49,52-55,57,59-61,69,72-73,75-76,78H,2,6,10-11,13,19,25-30,32-38,66H2,1,3H3,(H,71,77)(H4,67,68,70)/b14-7+,39-12+,46-18-,50-41+/t47-,49+,52+,53+,54+,55+,57-,59-,60+,61-,64+,65+/m0/s1. The predicted octanol–water partition coefficient (Wildman–Crippen LogP) is 7.01. The van der Waals surface area contributed by atoms with Crippen molar-refractivity contribution in [2.45, 2.75) is 146 Å². The Hall–Kier alpha value is -6.15. The van der Waals surface area contributed by atoms with Crippen LogP contribution in [0.2, 0.25) is 0 Å². The fourth-order valence-electron chi connectivity index (χ4n) is 14.7. The number of ketones is 1. The first-order valence-electron chi connectivity index (χ1n) is 28.5. The summed E-state index contributed by atoms with van der Waals surface area (Å²) in [6.45, 7) is 8.83. The number of aliphatic hydroxyl groups excluding tert-OH is 3. The van der Waals surface area contributed by atoms with Crippen LogP contribution in [0.25, 0.3) is 0 Å². The maximum atomic E-state index is 15.3. The van der Waals surface area contributed by atoms with Crippen LogP contribution < -0.4 is 27.8 Å². The Labute approximate surface area is 466 Å². The molecule has 3 saturated carbocycles. The predicted molar refractivity (Wildman–Crippen MR) is 308 cm³/mol. The maximum Gasteiger partial charge on any atom is 0.243 e. The minimum absolute atomic E-state index is 0.0467. The highest BCUT2D eigenvalue weighted by atomic mass is 16.5. The van der Waals surface area contributed by atoms with Gasteiger partial charge in [0.15, 0.2) is 11.7 Å². The molecule has 1 spiro atoms. The van der Waals surface area contributed by atoms with Gasteiger partial charge < -0.3 is 52.8 Å². The van der Waals surface area contributed by atoms with Gasteiger partial charge in [0.1, 0.15) is 24.6 Å². The van der Waals surface area contributed by atoms with Gasteiger partial charge in [-0.2, -0.15) is 0 Å². The Balaban J connectivity index is 1.13. The number of guanidine groups is 1. The number of allylic oxidation sites excluding steroid dienone is 8. The van der Waals surface area contributed by atoms with Crippen molar-refractivity contribution in [1.82, 2.24) is 10.6 Å². The number of nitrogens with one attached hydrogen (secondary N) is 2. The molecule has 9 rings (SSSR count). The highest BCUT2D eigenvalue weighted by molar-refractivity contribution is 5.98. The molecule has 3 aliphatic heterocycles. The van der Waals surface area contributed by atoms with Crippen LogP contribution in [0.4, 0.5) is 0 Å². The zero-order valence-corrected chi connectivity index (χ0v) is 46.0. The van der Waals surface area contributed by atoms with Crippen molar-refractivity contribution in [3.05, 3.63) is 159 Å². The molecule has 0 unspecified atom stereocenters. The van der Waals surface area contributed by atoms with Crippen molar-refractivity contribution >= 4 is 17.6 Å². The lowest BCUT2D eigenvalue weighted by atomic mass is 9.45. The Kier molecular flexibility index (Phi) is 18.3. The highest BCUT2D eigenvalue weighted by Crippen LogP contribution is 2.69. The van der Waals surface area contributed by atoms with E-state index in [1.54, 1.807) is 24.3 Å². The lowest BCUT2D eigenvalue weighted by Gasteiger charge is -2.61. The van der Waals surface area contributed by atoms with Gasteiger partial charge in [-0.05, 0) is 159 Å². The average Bonchev–Trinajstić information content (AvgIpc) is 2.63. The lowest BCUT2D eigenvalue weighted by molar-refractivity contribution is -0.216. The minimum atomic E-state index is -1.25. The molecule has 3 aromatic rings. The quantitative estimate of drug-likeness (QED) is 0.0536. The molecule has 3 aromatic carbocycles. The second-order valence-corrected chi connectivity index (χ2v) is 23.4. The van der Waals surface area contributed by atoms with Crippen LogP contribution in [0.15, 0.2) is 130 Å². The highest BCUT2D eigenvalue weighted by Gasteiger charge is 2.70. The summed E-state index contributed by atoms with van der Waals surface area (Å²) in [6.07, 6.45) is 11.8. The van der Waals surface area contributed by atoms with Crippen molar-refractivity contribution < 1.29 is 39.9 Å². The third-order valence-corrected chi connectivity index (χ3v) is 18.6. The molecule has 14 nitrogen and oxygen atoms in total. The molecule has 1 amide bonds. The molecule has 3 fully saturated rings. The van der Waals surface area contributed by atoms with E-state index < -0.39 is 65.2 Å². The minimum Gasteiger partial charge on any atom is -0.508 e. The lowest BCUT2D eigenvalue weighted by Crippen LogP contribution is -2.65. The number of aromatic hydroxyl groups is 1. The Bertz CT molecular complexity index is 2970. The number of phenols is 1. The normalized spacial score (nSPS) is 34.3. The summed E-state index contributed by atoms with van der Waals surface area (Å²) >= 11 is 0. The van der Waals surface area contributed by atoms with Crippen LogP contribution in [0.1, 0.15) is 136 Å². The fourth-order valence-corrected chi connectivity index (χ4v) is 14.7. The molecular weight excluding hydrogens is 993 g/mol. The summed E-state index contributed by atoms with van der Waals surface area (Å²) in [6, 6.07) is 19.3. The number of carbonyl (C=O) groups is 2. The number of carbonyl (C=O) groups excluding carboxylic acids is 2. The molecule has 79 heavy (non-hydrogen) atoms. The topological polar surface area (TPSA) is 259 Å². The number of benzene rings is 3. The number of hydrogen-bond donors (Lipinski definition) is 10. The molecule has 6 aliphatic rings. The number of ether oxygens (including phenoxy) is 1. The van der Waals surface area contributed by atoms with Crippen LogP contribution in [0.3, 0.4) is 0 Å². The zero-order chi connectivity index (χ0) is 56.0. The molecule has 420 valence electrons. The van der Waals surface area contributed by atoms with Gasteiger partial charge in [-0.3, -0.25) is 19.9 Å².